The lowest BCUT2D eigenvalue weighted by molar-refractivity contribution is 0.441. The lowest BCUT2D eigenvalue weighted by Gasteiger charge is -2.15. The highest BCUT2D eigenvalue weighted by atomic mass is 14.6. The van der Waals surface area contributed by atoms with E-state index in [-0.39, 0.29) is 0 Å². The smallest absolute Gasteiger partial charge is 0.00388 e. The molecule has 4 N–H and O–H groups in total. The number of hydrogen-bond acceptors (Lipinski definition) is 2. The van der Waals surface area contributed by atoms with Crippen molar-refractivity contribution in [2.45, 2.75) is 124 Å². The largest absolute Gasteiger partial charge is 0.328 e. The summed E-state index contributed by atoms with van der Waals surface area (Å²) < 4.78 is 0. The lowest BCUT2D eigenvalue weighted by atomic mass is 9.97. The van der Waals surface area contributed by atoms with E-state index in [1.807, 2.05) is 27.7 Å². The molecule has 0 aromatic carbocycles. The van der Waals surface area contributed by atoms with E-state index in [9.17, 15) is 0 Å². The Morgan fingerprint density at radius 1 is 0.571 bits per heavy atom. The van der Waals surface area contributed by atoms with Crippen molar-refractivity contribution in [3.63, 3.8) is 0 Å². The predicted octanol–water partition coefficient (Wildman–Crippen LogP) is 6.02. The van der Waals surface area contributed by atoms with Crippen LogP contribution in [0.25, 0.3) is 0 Å². The van der Waals surface area contributed by atoms with Crippen LogP contribution in [0, 0.1) is 0 Å². The summed E-state index contributed by atoms with van der Waals surface area (Å²) in [6.45, 7) is 12.2. The Morgan fingerprint density at radius 2 is 0.762 bits per heavy atom. The Hall–Kier alpha value is -0.0800. The topological polar surface area (TPSA) is 52.0 Å². The van der Waals surface area contributed by atoms with E-state index < -0.39 is 0 Å². The summed E-state index contributed by atoms with van der Waals surface area (Å²) >= 11 is 0. The zero-order valence-electron chi connectivity index (χ0n) is 16.1. The third-order valence-electron chi connectivity index (χ3n) is 3.30. The molecule has 2 aliphatic carbocycles. The highest BCUT2D eigenvalue weighted by Gasteiger charge is 2.06. The molecule has 2 saturated carbocycles. The molecule has 0 radical (unpaired) electrons. The Bertz CT molecular complexity index is 121. The maximum atomic E-state index is 5.63. The number of hydrogen-bond donors (Lipinski definition) is 2. The van der Waals surface area contributed by atoms with Gasteiger partial charge in [0, 0.05) is 12.1 Å². The van der Waals surface area contributed by atoms with Crippen molar-refractivity contribution in [2.75, 3.05) is 0 Å². The van der Waals surface area contributed by atoms with Crippen molar-refractivity contribution >= 4 is 0 Å². The zero-order valence-corrected chi connectivity index (χ0v) is 16.1. The van der Waals surface area contributed by atoms with Gasteiger partial charge in [-0.05, 0) is 25.7 Å². The normalized spacial score (nSPS) is 18.3. The molecule has 21 heavy (non-hydrogen) atoms. The Labute approximate surface area is 136 Å². The first-order valence-electron chi connectivity index (χ1n) is 9.71. The molecule has 2 rings (SSSR count). The van der Waals surface area contributed by atoms with Crippen molar-refractivity contribution in [1.82, 2.24) is 0 Å². The van der Waals surface area contributed by atoms with Crippen LogP contribution in [0.4, 0.5) is 0 Å². The average Bonchev–Trinajstić information content (AvgIpc) is 2.54. The van der Waals surface area contributed by atoms with Gasteiger partial charge in [-0.2, -0.15) is 0 Å². The van der Waals surface area contributed by atoms with Crippen LogP contribution in [0.3, 0.4) is 0 Å². The van der Waals surface area contributed by atoms with Crippen molar-refractivity contribution < 1.29 is 0 Å². The van der Waals surface area contributed by atoms with Gasteiger partial charge in [-0.25, -0.2) is 0 Å². The predicted molar refractivity (Wildman–Crippen MR) is 101 cm³/mol. The monoisotopic (exact) mass is 302 g/mol. The fourth-order valence-electron chi connectivity index (χ4n) is 2.27. The second-order valence-corrected chi connectivity index (χ2v) is 5.50. The molecule has 0 saturated heterocycles. The van der Waals surface area contributed by atoms with E-state index in [2.05, 4.69) is 13.8 Å². The van der Waals surface area contributed by atoms with Gasteiger partial charge in [-0.15, -0.1) is 0 Å². The average molecular weight is 303 g/mol. The first-order chi connectivity index (χ1) is 10.2. The molecule has 132 valence electrons. The molecule has 0 heterocycles. The summed E-state index contributed by atoms with van der Waals surface area (Å²) in [7, 11) is 0. The fraction of sp³-hybridized carbons (Fsp3) is 1.00. The first kappa shape index (κ1) is 25.9. The number of nitrogens with two attached hydrogens (primary N) is 2. The van der Waals surface area contributed by atoms with Crippen LogP contribution < -0.4 is 11.5 Å². The van der Waals surface area contributed by atoms with Gasteiger partial charge in [-0.1, -0.05) is 86.5 Å². The molecule has 0 aliphatic heterocycles. The maximum Gasteiger partial charge on any atom is 0.00388 e. The van der Waals surface area contributed by atoms with Crippen LogP contribution >= 0.6 is 0 Å². The van der Waals surface area contributed by atoms with Crippen LogP contribution in [0.5, 0.6) is 0 Å². The summed E-state index contributed by atoms with van der Waals surface area (Å²) in [6.07, 6.45) is 14.6. The van der Waals surface area contributed by atoms with Gasteiger partial charge in [0.2, 0.25) is 0 Å². The summed E-state index contributed by atoms with van der Waals surface area (Å²) in [4.78, 5) is 0. The van der Waals surface area contributed by atoms with E-state index in [1.165, 1.54) is 70.6 Å². The van der Waals surface area contributed by atoms with Crippen LogP contribution in [-0.4, -0.2) is 12.1 Å². The van der Waals surface area contributed by atoms with E-state index in [1.54, 1.807) is 0 Å². The lowest BCUT2D eigenvalue weighted by Crippen LogP contribution is -2.22. The molecule has 0 aromatic rings. The fourth-order valence-corrected chi connectivity index (χ4v) is 2.27. The van der Waals surface area contributed by atoms with Crippen LogP contribution in [0.2, 0.25) is 0 Å². The molecule has 0 atom stereocenters. The van der Waals surface area contributed by atoms with Gasteiger partial charge < -0.3 is 11.5 Å². The molecule has 0 bridgehead atoms. The van der Waals surface area contributed by atoms with Gasteiger partial charge in [-0.3, -0.25) is 0 Å². The molecular weight excluding hydrogens is 256 g/mol. The highest BCUT2D eigenvalue weighted by molar-refractivity contribution is 4.66. The molecule has 0 amide bonds. The molecule has 2 heteroatoms. The second-order valence-electron chi connectivity index (χ2n) is 5.50. The van der Waals surface area contributed by atoms with Crippen molar-refractivity contribution in [3.05, 3.63) is 0 Å². The molecule has 0 aromatic heterocycles. The Kier molecular flexibility index (Phi) is 30.7. The third kappa shape index (κ3) is 25.2. The minimum absolute atomic E-state index is 0.536. The summed E-state index contributed by atoms with van der Waals surface area (Å²) in [6, 6.07) is 1.07. The highest BCUT2D eigenvalue weighted by Crippen LogP contribution is 2.15. The van der Waals surface area contributed by atoms with Gasteiger partial charge in [0.05, 0.1) is 0 Å². The van der Waals surface area contributed by atoms with Gasteiger partial charge in [0.1, 0.15) is 0 Å². The van der Waals surface area contributed by atoms with Crippen LogP contribution in [0.15, 0.2) is 0 Å². The van der Waals surface area contributed by atoms with Crippen LogP contribution in [0.1, 0.15) is 112 Å². The molecule has 2 nitrogen and oxygen atoms in total. The Morgan fingerprint density at radius 3 is 0.857 bits per heavy atom. The summed E-state index contributed by atoms with van der Waals surface area (Å²) in [5, 5.41) is 0. The van der Waals surface area contributed by atoms with Crippen molar-refractivity contribution in [1.29, 1.82) is 0 Å². The third-order valence-corrected chi connectivity index (χ3v) is 3.30. The number of rotatable bonds is 0. The van der Waals surface area contributed by atoms with E-state index in [0.29, 0.717) is 12.1 Å². The maximum absolute atomic E-state index is 5.63. The molecule has 0 spiro atoms. The van der Waals surface area contributed by atoms with Crippen molar-refractivity contribution in [3.8, 4) is 0 Å². The van der Waals surface area contributed by atoms with E-state index >= 15 is 0 Å². The first-order valence-corrected chi connectivity index (χ1v) is 9.71. The zero-order chi connectivity index (χ0) is 16.9. The van der Waals surface area contributed by atoms with E-state index in [0.717, 1.165) is 0 Å². The molecule has 2 fully saturated rings. The summed E-state index contributed by atoms with van der Waals surface area (Å²) in [5.41, 5.74) is 11.3. The quantitative estimate of drug-likeness (QED) is 0.574. The minimum atomic E-state index is 0.536. The van der Waals surface area contributed by atoms with Gasteiger partial charge >= 0.3 is 0 Å². The molecular formula is C19H46N2. The molecule has 0 unspecified atom stereocenters. The minimum Gasteiger partial charge on any atom is -0.328 e. The standard InChI is InChI=1S/2C6H13N.C3H8.2C2H6/c2*7-6-4-2-1-3-5-6;1-3-2;2*1-2/h2*6H,1-5,7H2;3H2,1-2H3;2*1-2H3. The summed E-state index contributed by atoms with van der Waals surface area (Å²) in [5.74, 6) is 0. The SMILES string of the molecule is CC.CC.CCC.NC1CCCCC1.NC1CCCCC1. The molecule has 2 aliphatic rings. The van der Waals surface area contributed by atoms with Crippen LogP contribution in [-0.2, 0) is 0 Å². The van der Waals surface area contributed by atoms with Gasteiger partial charge in [0.25, 0.3) is 0 Å². The Balaban J connectivity index is -0.000000219. The van der Waals surface area contributed by atoms with Gasteiger partial charge in [0.15, 0.2) is 0 Å². The van der Waals surface area contributed by atoms with Crippen molar-refractivity contribution in [2.24, 2.45) is 11.5 Å². The second kappa shape index (κ2) is 24.9. The van der Waals surface area contributed by atoms with E-state index in [4.69, 9.17) is 11.5 Å².